The largest absolute Gasteiger partial charge is 0.416 e. The number of halogens is 3. The number of anilines is 1. The van der Waals surface area contributed by atoms with E-state index in [2.05, 4.69) is 20.2 Å². The lowest BCUT2D eigenvalue weighted by Gasteiger charge is -2.34. The van der Waals surface area contributed by atoms with Crippen molar-refractivity contribution in [3.63, 3.8) is 0 Å². The van der Waals surface area contributed by atoms with E-state index in [0.29, 0.717) is 64.8 Å². The van der Waals surface area contributed by atoms with Gasteiger partial charge in [0, 0.05) is 30.9 Å². The van der Waals surface area contributed by atoms with Crippen molar-refractivity contribution in [3.8, 4) is 21.8 Å². The van der Waals surface area contributed by atoms with Crippen molar-refractivity contribution in [1.82, 2.24) is 19.9 Å². The molecule has 3 aromatic rings. The Morgan fingerprint density at radius 3 is 2.61 bits per heavy atom. The van der Waals surface area contributed by atoms with E-state index >= 15 is 0 Å². The molecule has 0 bridgehead atoms. The van der Waals surface area contributed by atoms with Gasteiger partial charge in [-0.1, -0.05) is 12.1 Å². The Morgan fingerprint density at radius 2 is 1.91 bits per heavy atom. The third-order valence-electron chi connectivity index (χ3n) is 6.10. The Morgan fingerprint density at radius 1 is 1.15 bits per heavy atom. The van der Waals surface area contributed by atoms with Crippen molar-refractivity contribution in [2.24, 2.45) is 0 Å². The van der Waals surface area contributed by atoms with Gasteiger partial charge in [-0.15, -0.1) is 11.3 Å². The first-order valence-corrected chi connectivity index (χ1v) is 11.7. The lowest BCUT2D eigenvalue weighted by atomic mass is 9.92. The standard InChI is InChI=1S/C23H24F3N5OS/c1-31-11-8-22(32,9-12-31)20-30-18(14-3-2-4-15(13-14)23(24,25)26)19(33-20)17-7-10-27-21(29-17)28-16-5-6-16/h2-4,7,10,13,16,32H,5-6,8-9,11-12H2,1H3,(H,27,28,29). The van der Waals surface area contributed by atoms with E-state index in [9.17, 15) is 18.3 Å². The topological polar surface area (TPSA) is 74.2 Å². The van der Waals surface area contributed by atoms with Crippen LogP contribution in [0.25, 0.3) is 21.8 Å². The second kappa shape index (κ2) is 8.34. The average molecular weight is 476 g/mol. The minimum absolute atomic E-state index is 0.342. The maximum atomic E-state index is 13.4. The van der Waals surface area contributed by atoms with Crippen LogP contribution in [0.15, 0.2) is 36.5 Å². The average Bonchev–Trinajstić information content (AvgIpc) is 3.48. The zero-order valence-corrected chi connectivity index (χ0v) is 18.9. The minimum Gasteiger partial charge on any atom is -0.383 e. The summed E-state index contributed by atoms with van der Waals surface area (Å²) in [7, 11) is 2.00. The van der Waals surface area contributed by atoms with E-state index in [1.807, 2.05) is 7.05 Å². The summed E-state index contributed by atoms with van der Waals surface area (Å²) in [6.45, 7) is 1.43. The Hall–Kier alpha value is -2.56. The molecule has 0 unspecified atom stereocenters. The van der Waals surface area contributed by atoms with Gasteiger partial charge in [-0.3, -0.25) is 0 Å². The number of alkyl halides is 3. The summed E-state index contributed by atoms with van der Waals surface area (Å²) in [4.78, 5) is 16.3. The van der Waals surface area contributed by atoms with Gasteiger partial charge < -0.3 is 15.3 Å². The highest BCUT2D eigenvalue weighted by Gasteiger charge is 2.38. The molecule has 174 valence electrons. The molecule has 1 aromatic carbocycles. The summed E-state index contributed by atoms with van der Waals surface area (Å²) in [6, 6.07) is 7.23. The van der Waals surface area contributed by atoms with Crippen molar-refractivity contribution >= 4 is 17.3 Å². The van der Waals surface area contributed by atoms with Crippen molar-refractivity contribution < 1.29 is 18.3 Å². The number of nitrogens with zero attached hydrogens (tertiary/aromatic N) is 4. The summed E-state index contributed by atoms with van der Waals surface area (Å²) < 4.78 is 40.2. The van der Waals surface area contributed by atoms with Gasteiger partial charge in [0.05, 0.1) is 21.8 Å². The Bertz CT molecular complexity index is 1150. The maximum Gasteiger partial charge on any atom is 0.416 e. The van der Waals surface area contributed by atoms with E-state index in [1.54, 1.807) is 18.3 Å². The number of aliphatic hydroxyl groups is 1. The van der Waals surface area contributed by atoms with Crippen molar-refractivity contribution in [1.29, 1.82) is 0 Å². The quantitative estimate of drug-likeness (QED) is 0.554. The monoisotopic (exact) mass is 475 g/mol. The number of benzene rings is 1. The first kappa shape index (κ1) is 22.2. The van der Waals surface area contributed by atoms with Crippen LogP contribution >= 0.6 is 11.3 Å². The fraction of sp³-hybridized carbons (Fsp3) is 0.435. The van der Waals surface area contributed by atoms with E-state index in [1.165, 1.54) is 17.4 Å². The predicted octanol–water partition coefficient (Wildman–Crippen LogP) is 4.77. The number of hydrogen-bond donors (Lipinski definition) is 2. The van der Waals surface area contributed by atoms with Crippen LogP contribution in [0.3, 0.4) is 0 Å². The van der Waals surface area contributed by atoms with E-state index in [0.717, 1.165) is 25.0 Å². The zero-order valence-electron chi connectivity index (χ0n) is 18.1. The zero-order chi connectivity index (χ0) is 23.2. The molecule has 1 saturated heterocycles. The number of piperidine rings is 1. The molecule has 2 aromatic heterocycles. The third kappa shape index (κ3) is 4.73. The fourth-order valence-corrected chi connectivity index (χ4v) is 5.10. The lowest BCUT2D eigenvalue weighted by molar-refractivity contribution is -0.137. The summed E-state index contributed by atoms with van der Waals surface area (Å²) in [5.41, 5.74) is -0.551. The second-order valence-electron chi connectivity index (χ2n) is 8.79. The van der Waals surface area contributed by atoms with Crippen molar-refractivity contribution in [2.45, 2.75) is 43.5 Å². The molecule has 2 N–H and O–H groups in total. The Balaban J connectivity index is 1.60. The van der Waals surface area contributed by atoms with Gasteiger partial charge in [-0.2, -0.15) is 13.2 Å². The molecule has 2 fully saturated rings. The maximum absolute atomic E-state index is 13.4. The Labute approximate surface area is 193 Å². The van der Waals surface area contributed by atoms with Crippen LogP contribution in [0.1, 0.15) is 36.3 Å². The normalized spacial score (nSPS) is 18.9. The van der Waals surface area contributed by atoms with Gasteiger partial charge in [0.25, 0.3) is 0 Å². The number of thiazole rings is 1. The van der Waals surface area contributed by atoms with Gasteiger partial charge in [-0.05, 0) is 50.9 Å². The van der Waals surface area contributed by atoms with Crippen LogP contribution in [0, 0.1) is 0 Å². The SMILES string of the molecule is CN1CCC(O)(c2nc(-c3cccc(C(F)(F)F)c3)c(-c3ccnc(NC4CC4)n3)s2)CC1. The molecular weight excluding hydrogens is 451 g/mol. The summed E-state index contributed by atoms with van der Waals surface area (Å²) in [5, 5.41) is 15.1. The molecule has 0 radical (unpaired) electrons. The van der Waals surface area contributed by atoms with Crippen molar-refractivity contribution in [2.75, 3.05) is 25.5 Å². The summed E-state index contributed by atoms with van der Waals surface area (Å²) >= 11 is 1.29. The molecule has 1 aliphatic heterocycles. The molecule has 1 saturated carbocycles. The van der Waals surface area contributed by atoms with Crippen LogP contribution in [0.2, 0.25) is 0 Å². The molecule has 1 aliphatic carbocycles. The summed E-state index contributed by atoms with van der Waals surface area (Å²) in [6.07, 6.45) is 0.322. The molecular formula is C23H24F3N5OS. The summed E-state index contributed by atoms with van der Waals surface area (Å²) in [5.74, 6) is 0.484. The van der Waals surface area contributed by atoms with Crippen LogP contribution in [-0.4, -0.2) is 51.1 Å². The second-order valence-corrected chi connectivity index (χ2v) is 9.79. The number of nitrogens with one attached hydrogen (secondary N) is 1. The molecule has 2 aliphatic rings. The van der Waals surface area contributed by atoms with Crippen LogP contribution in [0.5, 0.6) is 0 Å². The van der Waals surface area contributed by atoms with Gasteiger partial charge in [-0.25, -0.2) is 15.0 Å². The van der Waals surface area contributed by atoms with E-state index < -0.39 is 17.3 Å². The van der Waals surface area contributed by atoms with Crippen LogP contribution < -0.4 is 5.32 Å². The molecule has 5 rings (SSSR count). The molecule has 0 atom stereocenters. The molecule has 0 amide bonds. The van der Waals surface area contributed by atoms with E-state index in [-0.39, 0.29) is 0 Å². The molecule has 0 spiro atoms. The molecule has 3 heterocycles. The number of rotatable bonds is 5. The molecule has 33 heavy (non-hydrogen) atoms. The van der Waals surface area contributed by atoms with Gasteiger partial charge in [0.1, 0.15) is 10.6 Å². The van der Waals surface area contributed by atoms with Crippen LogP contribution in [-0.2, 0) is 11.8 Å². The fourth-order valence-electron chi connectivity index (χ4n) is 3.90. The van der Waals surface area contributed by atoms with E-state index in [4.69, 9.17) is 4.98 Å². The number of aromatic nitrogens is 3. The molecule has 6 nitrogen and oxygen atoms in total. The Kier molecular flexibility index (Phi) is 5.62. The predicted molar refractivity (Wildman–Crippen MR) is 121 cm³/mol. The number of likely N-dealkylation sites (tertiary alicyclic amines) is 1. The van der Waals surface area contributed by atoms with Gasteiger partial charge in [0.2, 0.25) is 5.95 Å². The third-order valence-corrected chi connectivity index (χ3v) is 7.37. The highest BCUT2D eigenvalue weighted by molar-refractivity contribution is 7.15. The lowest BCUT2D eigenvalue weighted by Crippen LogP contribution is -2.40. The van der Waals surface area contributed by atoms with Gasteiger partial charge >= 0.3 is 6.18 Å². The highest BCUT2D eigenvalue weighted by Crippen LogP contribution is 2.44. The highest BCUT2D eigenvalue weighted by atomic mass is 32.1. The van der Waals surface area contributed by atoms with Crippen molar-refractivity contribution in [3.05, 3.63) is 47.1 Å². The van der Waals surface area contributed by atoms with Gasteiger partial charge in [0.15, 0.2) is 0 Å². The minimum atomic E-state index is -4.46. The number of hydrogen-bond acceptors (Lipinski definition) is 7. The molecule has 10 heteroatoms. The first-order chi connectivity index (χ1) is 15.7. The first-order valence-electron chi connectivity index (χ1n) is 10.9. The smallest absolute Gasteiger partial charge is 0.383 e. The van der Waals surface area contributed by atoms with Crippen LogP contribution in [0.4, 0.5) is 19.1 Å².